The van der Waals surface area contributed by atoms with Gasteiger partial charge in [-0.05, 0) is 29.7 Å². The number of hydrogen-bond donors (Lipinski definition) is 0. The quantitative estimate of drug-likeness (QED) is 0.581. The molecule has 0 saturated heterocycles. The van der Waals surface area contributed by atoms with Gasteiger partial charge in [-0.25, -0.2) is 0 Å². The first-order valence-corrected chi connectivity index (χ1v) is 4.99. The summed E-state index contributed by atoms with van der Waals surface area (Å²) in [5, 5.41) is -0.135. The van der Waals surface area contributed by atoms with Crippen LogP contribution in [0, 0.1) is 0 Å². The van der Waals surface area contributed by atoms with Gasteiger partial charge in [-0.3, -0.25) is 4.79 Å². The van der Waals surface area contributed by atoms with E-state index < -0.39 is 5.24 Å². The number of aryl methyl sites for hydroxylation is 1. The highest BCUT2D eigenvalue weighted by Crippen LogP contribution is 2.23. The number of hydrogen-bond acceptors (Lipinski definition) is 1. The molecule has 1 aromatic rings. The van der Waals surface area contributed by atoms with Gasteiger partial charge >= 0.3 is 0 Å². The van der Waals surface area contributed by atoms with Crippen molar-refractivity contribution < 1.29 is 4.79 Å². The Morgan fingerprint density at radius 3 is 2.62 bits per heavy atom. The number of carbonyl (C=O) groups is 1. The first-order chi connectivity index (χ1) is 6.16. The van der Waals surface area contributed by atoms with E-state index in [0.717, 1.165) is 5.56 Å². The Labute approximate surface area is 91.6 Å². The van der Waals surface area contributed by atoms with Crippen LogP contribution in [0.5, 0.6) is 0 Å². The highest BCUT2D eigenvalue weighted by Gasteiger charge is 2.10. The van der Waals surface area contributed by atoms with Crippen LogP contribution in [0.25, 0.3) is 0 Å². The normalized spacial score (nSPS) is 10.1. The van der Waals surface area contributed by atoms with Crippen molar-refractivity contribution in [3.63, 3.8) is 0 Å². The van der Waals surface area contributed by atoms with Crippen molar-refractivity contribution in [2.75, 3.05) is 5.88 Å². The third-order valence-corrected chi connectivity index (χ3v) is 2.49. The van der Waals surface area contributed by atoms with E-state index in [4.69, 9.17) is 34.8 Å². The molecule has 0 N–H and O–H groups in total. The van der Waals surface area contributed by atoms with Crippen molar-refractivity contribution in [2.45, 2.75) is 6.42 Å². The Hall–Kier alpha value is -0.240. The lowest BCUT2D eigenvalue weighted by Gasteiger charge is -2.04. The Balaban J connectivity index is 3.10. The molecule has 70 valence electrons. The summed E-state index contributed by atoms with van der Waals surface area (Å²) in [6.45, 7) is 0. The zero-order valence-corrected chi connectivity index (χ0v) is 8.96. The summed E-state index contributed by atoms with van der Waals surface area (Å²) in [5.41, 5.74) is 1.19. The third kappa shape index (κ3) is 2.60. The van der Waals surface area contributed by atoms with Crippen LogP contribution in [-0.4, -0.2) is 11.1 Å². The van der Waals surface area contributed by atoms with Gasteiger partial charge in [0.05, 0.1) is 10.6 Å². The largest absolute Gasteiger partial charge is 0.276 e. The van der Waals surface area contributed by atoms with E-state index in [2.05, 4.69) is 0 Å². The van der Waals surface area contributed by atoms with Gasteiger partial charge in [0, 0.05) is 5.88 Å². The highest BCUT2D eigenvalue weighted by atomic mass is 35.5. The van der Waals surface area contributed by atoms with Crippen LogP contribution in [0.4, 0.5) is 0 Å². The molecule has 0 bridgehead atoms. The summed E-state index contributed by atoms with van der Waals surface area (Å²) in [5.74, 6) is 0.472. The minimum Gasteiger partial charge on any atom is -0.276 e. The maximum absolute atomic E-state index is 10.9. The van der Waals surface area contributed by atoms with Crippen LogP contribution in [-0.2, 0) is 6.42 Å². The SMILES string of the molecule is O=C(Cl)c1cccc(CCCl)c1Cl. The molecule has 0 aliphatic heterocycles. The molecule has 0 aliphatic carbocycles. The third-order valence-electron chi connectivity index (χ3n) is 1.65. The zero-order valence-electron chi connectivity index (χ0n) is 6.69. The Kier molecular flexibility index (Phi) is 4.04. The lowest BCUT2D eigenvalue weighted by molar-refractivity contribution is 0.108. The predicted molar refractivity (Wildman–Crippen MR) is 56.1 cm³/mol. The van der Waals surface area contributed by atoms with Gasteiger partial charge in [0.2, 0.25) is 0 Å². The Bertz CT molecular complexity index is 323. The van der Waals surface area contributed by atoms with E-state index in [1.165, 1.54) is 0 Å². The molecule has 0 unspecified atom stereocenters. The summed E-state index contributed by atoms with van der Waals surface area (Å²) in [7, 11) is 0. The van der Waals surface area contributed by atoms with Gasteiger partial charge < -0.3 is 0 Å². The molecule has 0 fully saturated rings. The fourth-order valence-corrected chi connectivity index (χ4v) is 1.74. The van der Waals surface area contributed by atoms with Crippen LogP contribution < -0.4 is 0 Å². The maximum atomic E-state index is 10.9. The minimum atomic E-state index is -0.540. The topological polar surface area (TPSA) is 17.1 Å². The second kappa shape index (κ2) is 4.85. The molecule has 0 heterocycles. The molecule has 0 atom stereocenters. The van der Waals surface area contributed by atoms with E-state index in [0.29, 0.717) is 22.9 Å². The van der Waals surface area contributed by atoms with Crippen LogP contribution in [0.3, 0.4) is 0 Å². The van der Waals surface area contributed by atoms with Crippen molar-refractivity contribution in [1.82, 2.24) is 0 Å². The molecule has 0 radical (unpaired) electrons. The summed E-state index contributed by atoms with van der Waals surface area (Å²) in [4.78, 5) is 10.9. The monoisotopic (exact) mass is 236 g/mol. The average Bonchev–Trinajstić information content (AvgIpc) is 2.08. The fourth-order valence-electron chi connectivity index (χ4n) is 1.03. The van der Waals surface area contributed by atoms with E-state index >= 15 is 0 Å². The molecule has 1 nitrogen and oxygen atoms in total. The molecule has 0 spiro atoms. The fraction of sp³-hybridized carbons (Fsp3) is 0.222. The lowest BCUT2D eigenvalue weighted by atomic mass is 10.1. The van der Waals surface area contributed by atoms with E-state index in [-0.39, 0.29) is 0 Å². The first-order valence-electron chi connectivity index (χ1n) is 3.70. The summed E-state index contributed by atoms with van der Waals surface area (Å²) >= 11 is 16.8. The van der Waals surface area contributed by atoms with Crippen molar-refractivity contribution in [3.05, 3.63) is 34.3 Å². The standard InChI is InChI=1S/C9H7Cl3O/c10-5-4-6-2-1-3-7(8(6)11)9(12)13/h1-3H,4-5H2. The Morgan fingerprint density at radius 2 is 2.08 bits per heavy atom. The number of rotatable bonds is 3. The van der Waals surface area contributed by atoms with E-state index in [1.54, 1.807) is 12.1 Å². The van der Waals surface area contributed by atoms with Crippen LogP contribution in [0.15, 0.2) is 18.2 Å². The average molecular weight is 238 g/mol. The van der Waals surface area contributed by atoms with Gasteiger partial charge in [0.1, 0.15) is 0 Å². The molecule has 0 aromatic heterocycles. The van der Waals surface area contributed by atoms with E-state index in [9.17, 15) is 4.79 Å². The van der Waals surface area contributed by atoms with Crippen molar-refractivity contribution >= 4 is 40.0 Å². The summed E-state index contributed by atoms with van der Waals surface area (Å²) < 4.78 is 0. The lowest BCUT2D eigenvalue weighted by Crippen LogP contribution is -1.95. The van der Waals surface area contributed by atoms with Crippen molar-refractivity contribution in [3.8, 4) is 0 Å². The van der Waals surface area contributed by atoms with Crippen LogP contribution >= 0.6 is 34.8 Å². The zero-order chi connectivity index (χ0) is 9.84. The number of benzene rings is 1. The summed E-state index contributed by atoms with van der Waals surface area (Å²) in [6.07, 6.45) is 0.637. The highest BCUT2D eigenvalue weighted by molar-refractivity contribution is 6.68. The van der Waals surface area contributed by atoms with Crippen LogP contribution in [0.1, 0.15) is 15.9 Å². The van der Waals surface area contributed by atoms with Crippen molar-refractivity contribution in [2.24, 2.45) is 0 Å². The second-order valence-electron chi connectivity index (χ2n) is 2.49. The molecular formula is C9H7Cl3O. The molecule has 13 heavy (non-hydrogen) atoms. The number of alkyl halides is 1. The summed E-state index contributed by atoms with van der Waals surface area (Å²) in [6, 6.07) is 5.16. The van der Waals surface area contributed by atoms with Crippen molar-refractivity contribution in [1.29, 1.82) is 0 Å². The Morgan fingerprint density at radius 1 is 1.38 bits per heavy atom. The van der Waals surface area contributed by atoms with Gasteiger partial charge in [-0.15, -0.1) is 11.6 Å². The molecular weight excluding hydrogens is 230 g/mol. The molecule has 1 rings (SSSR count). The van der Waals surface area contributed by atoms with Gasteiger partial charge in [-0.1, -0.05) is 23.7 Å². The first kappa shape index (κ1) is 10.8. The van der Waals surface area contributed by atoms with Gasteiger partial charge in [-0.2, -0.15) is 0 Å². The number of halogens is 3. The second-order valence-corrected chi connectivity index (χ2v) is 3.59. The molecule has 1 aromatic carbocycles. The van der Waals surface area contributed by atoms with E-state index in [1.807, 2.05) is 6.07 Å². The number of carbonyl (C=O) groups excluding carboxylic acids is 1. The predicted octanol–water partition coefficient (Wildman–Crippen LogP) is 3.50. The molecule has 0 amide bonds. The minimum absolute atomic E-state index is 0.339. The van der Waals surface area contributed by atoms with Gasteiger partial charge in [0.15, 0.2) is 0 Å². The van der Waals surface area contributed by atoms with Gasteiger partial charge in [0.25, 0.3) is 5.24 Å². The smallest absolute Gasteiger partial charge is 0.253 e. The maximum Gasteiger partial charge on any atom is 0.253 e. The molecule has 0 saturated carbocycles. The molecule has 4 heteroatoms. The molecule has 0 aliphatic rings. The van der Waals surface area contributed by atoms with Crippen LogP contribution in [0.2, 0.25) is 5.02 Å².